The van der Waals surface area contributed by atoms with Gasteiger partial charge in [-0.15, -0.1) is 11.8 Å². The first-order valence-electron chi connectivity index (χ1n) is 5.55. The Labute approximate surface area is 99.4 Å². The van der Waals surface area contributed by atoms with Gasteiger partial charge in [-0.05, 0) is 37.5 Å². The summed E-state index contributed by atoms with van der Waals surface area (Å²) < 4.78 is 18.7. The van der Waals surface area contributed by atoms with Crippen LogP contribution in [0.25, 0.3) is 0 Å². The van der Waals surface area contributed by atoms with E-state index in [1.807, 2.05) is 6.07 Å². The fourth-order valence-corrected chi connectivity index (χ4v) is 2.75. The van der Waals surface area contributed by atoms with Gasteiger partial charge in [-0.1, -0.05) is 0 Å². The van der Waals surface area contributed by atoms with Gasteiger partial charge in [-0.25, -0.2) is 4.39 Å². The number of hydrogen-bond donors (Lipinski definition) is 1. The summed E-state index contributed by atoms with van der Waals surface area (Å²) in [7, 11) is 0. The number of thioether (sulfide) groups is 1. The Hall–Kier alpha value is -0.740. The van der Waals surface area contributed by atoms with Crippen LogP contribution in [0, 0.1) is 5.82 Å². The smallest absolute Gasteiger partial charge is 0.147 e. The van der Waals surface area contributed by atoms with E-state index < -0.39 is 0 Å². The molecule has 4 heteroatoms. The fourth-order valence-electron chi connectivity index (χ4n) is 1.78. The normalized spacial score (nSPS) is 20.2. The fraction of sp³-hybridized carbons (Fsp3) is 0.500. The second kappa shape index (κ2) is 5.55. The maximum atomic E-state index is 13.1. The maximum Gasteiger partial charge on any atom is 0.147 e. The topological polar surface area (TPSA) is 35.2 Å². The molecule has 0 bridgehead atoms. The Morgan fingerprint density at radius 1 is 1.50 bits per heavy atom. The van der Waals surface area contributed by atoms with E-state index in [1.54, 1.807) is 17.8 Å². The summed E-state index contributed by atoms with van der Waals surface area (Å²) in [5.74, 6) is 0.635. The number of hydrogen-bond acceptors (Lipinski definition) is 3. The molecular formula is C12H16FNOS. The molecule has 1 saturated heterocycles. The van der Waals surface area contributed by atoms with Crippen LogP contribution in [0.1, 0.15) is 19.3 Å². The summed E-state index contributed by atoms with van der Waals surface area (Å²) in [5, 5.41) is 0. The largest absolute Gasteiger partial charge is 0.396 e. The number of halogens is 1. The first kappa shape index (κ1) is 11.7. The Morgan fingerprint density at radius 3 is 3.06 bits per heavy atom. The third-order valence-electron chi connectivity index (χ3n) is 2.70. The second-order valence-electron chi connectivity index (χ2n) is 3.96. The SMILES string of the molecule is Nc1ccc(SCCC2CCCO2)cc1F. The Balaban J connectivity index is 1.78. The lowest BCUT2D eigenvalue weighted by atomic mass is 10.2. The molecule has 1 aromatic rings. The first-order valence-corrected chi connectivity index (χ1v) is 6.53. The molecule has 0 spiro atoms. The van der Waals surface area contributed by atoms with Crippen LogP contribution in [0.2, 0.25) is 0 Å². The van der Waals surface area contributed by atoms with E-state index in [0.717, 1.165) is 30.1 Å². The predicted molar refractivity (Wildman–Crippen MR) is 65.1 cm³/mol. The van der Waals surface area contributed by atoms with Crippen molar-refractivity contribution in [3.63, 3.8) is 0 Å². The van der Waals surface area contributed by atoms with E-state index in [4.69, 9.17) is 10.5 Å². The summed E-state index contributed by atoms with van der Waals surface area (Å²) in [6.45, 7) is 0.895. The first-order chi connectivity index (χ1) is 7.75. The molecular weight excluding hydrogens is 225 g/mol. The quantitative estimate of drug-likeness (QED) is 0.650. The molecule has 0 aliphatic carbocycles. The minimum absolute atomic E-state index is 0.212. The molecule has 0 radical (unpaired) electrons. The molecule has 0 amide bonds. The van der Waals surface area contributed by atoms with Crippen LogP contribution in [0.15, 0.2) is 23.1 Å². The highest BCUT2D eigenvalue weighted by molar-refractivity contribution is 7.99. The van der Waals surface area contributed by atoms with Crippen LogP contribution < -0.4 is 5.73 Å². The van der Waals surface area contributed by atoms with Gasteiger partial charge in [0.15, 0.2) is 0 Å². The molecule has 1 atom stereocenters. The van der Waals surface area contributed by atoms with E-state index in [9.17, 15) is 4.39 Å². The molecule has 1 heterocycles. The van der Waals surface area contributed by atoms with Crippen LogP contribution in [0.5, 0.6) is 0 Å². The van der Waals surface area contributed by atoms with Gasteiger partial charge in [0.2, 0.25) is 0 Å². The van der Waals surface area contributed by atoms with Crippen molar-refractivity contribution in [3.05, 3.63) is 24.0 Å². The monoisotopic (exact) mass is 241 g/mol. The summed E-state index contributed by atoms with van der Waals surface area (Å²) in [6, 6.07) is 4.97. The summed E-state index contributed by atoms with van der Waals surface area (Å²) >= 11 is 1.65. The Kier molecular flexibility index (Phi) is 4.07. The van der Waals surface area contributed by atoms with Gasteiger partial charge < -0.3 is 10.5 Å². The van der Waals surface area contributed by atoms with Crippen molar-refractivity contribution in [2.24, 2.45) is 0 Å². The van der Waals surface area contributed by atoms with Gasteiger partial charge in [0.05, 0.1) is 11.8 Å². The van der Waals surface area contributed by atoms with Gasteiger partial charge in [-0.2, -0.15) is 0 Å². The van der Waals surface area contributed by atoms with E-state index in [0.29, 0.717) is 6.10 Å². The summed E-state index contributed by atoms with van der Waals surface area (Å²) in [5.41, 5.74) is 5.62. The van der Waals surface area contributed by atoms with Crippen molar-refractivity contribution < 1.29 is 9.13 Å². The number of rotatable bonds is 4. The molecule has 1 unspecified atom stereocenters. The molecule has 2 rings (SSSR count). The standard InChI is InChI=1S/C12H16FNOS/c13-11-8-10(3-4-12(11)14)16-7-5-9-2-1-6-15-9/h3-4,8-9H,1-2,5-7,14H2. The third kappa shape index (κ3) is 3.12. The number of nitrogen functional groups attached to an aromatic ring is 1. The third-order valence-corrected chi connectivity index (χ3v) is 3.73. The zero-order chi connectivity index (χ0) is 11.4. The van der Waals surface area contributed by atoms with Gasteiger partial charge >= 0.3 is 0 Å². The highest BCUT2D eigenvalue weighted by Gasteiger charge is 2.14. The lowest BCUT2D eigenvalue weighted by Gasteiger charge is -2.08. The lowest BCUT2D eigenvalue weighted by Crippen LogP contribution is -2.05. The van der Waals surface area contributed by atoms with Crippen molar-refractivity contribution in [2.75, 3.05) is 18.1 Å². The summed E-state index contributed by atoms with van der Waals surface area (Å²) in [6.07, 6.45) is 3.78. The van der Waals surface area contributed by atoms with E-state index in [-0.39, 0.29) is 11.5 Å². The molecule has 1 fully saturated rings. The number of nitrogens with two attached hydrogens (primary N) is 1. The summed E-state index contributed by atoms with van der Waals surface area (Å²) in [4.78, 5) is 0.935. The maximum absolute atomic E-state index is 13.1. The Bertz CT molecular complexity index is 353. The second-order valence-corrected chi connectivity index (χ2v) is 5.12. The molecule has 1 aliphatic heterocycles. The number of ether oxygens (including phenoxy) is 1. The van der Waals surface area contributed by atoms with E-state index in [2.05, 4.69) is 0 Å². The lowest BCUT2D eigenvalue weighted by molar-refractivity contribution is 0.109. The van der Waals surface area contributed by atoms with Crippen LogP contribution in [0.4, 0.5) is 10.1 Å². The zero-order valence-corrected chi connectivity index (χ0v) is 9.93. The minimum atomic E-state index is -0.331. The van der Waals surface area contributed by atoms with Gasteiger partial charge in [-0.3, -0.25) is 0 Å². The van der Waals surface area contributed by atoms with Crippen molar-refractivity contribution >= 4 is 17.4 Å². The average molecular weight is 241 g/mol. The van der Waals surface area contributed by atoms with Crippen molar-refractivity contribution in [3.8, 4) is 0 Å². The van der Waals surface area contributed by atoms with Crippen LogP contribution in [-0.4, -0.2) is 18.5 Å². The number of anilines is 1. The van der Waals surface area contributed by atoms with Crippen LogP contribution in [0.3, 0.4) is 0 Å². The van der Waals surface area contributed by atoms with Gasteiger partial charge in [0.25, 0.3) is 0 Å². The molecule has 2 N–H and O–H groups in total. The van der Waals surface area contributed by atoms with Crippen LogP contribution in [-0.2, 0) is 4.74 Å². The number of benzene rings is 1. The predicted octanol–water partition coefficient (Wildman–Crippen LogP) is 3.07. The molecule has 1 aliphatic rings. The molecule has 88 valence electrons. The minimum Gasteiger partial charge on any atom is -0.396 e. The molecule has 0 aromatic heterocycles. The highest BCUT2D eigenvalue weighted by Crippen LogP contribution is 2.25. The van der Waals surface area contributed by atoms with Crippen molar-refractivity contribution in [1.82, 2.24) is 0 Å². The molecule has 16 heavy (non-hydrogen) atoms. The van der Waals surface area contributed by atoms with E-state index >= 15 is 0 Å². The van der Waals surface area contributed by atoms with Crippen molar-refractivity contribution in [2.45, 2.75) is 30.3 Å². The van der Waals surface area contributed by atoms with Gasteiger partial charge in [0.1, 0.15) is 5.82 Å². The molecule has 1 aromatic carbocycles. The molecule has 0 saturated carbocycles. The zero-order valence-electron chi connectivity index (χ0n) is 9.12. The average Bonchev–Trinajstić information content (AvgIpc) is 2.76. The Morgan fingerprint density at radius 2 is 2.38 bits per heavy atom. The van der Waals surface area contributed by atoms with Crippen LogP contribution >= 0.6 is 11.8 Å². The van der Waals surface area contributed by atoms with Crippen molar-refractivity contribution in [1.29, 1.82) is 0 Å². The molecule has 2 nitrogen and oxygen atoms in total. The highest BCUT2D eigenvalue weighted by atomic mass is 32.2. The van der Waals surface area contributed by atoms with E-state index in [1.165, 1.54) is 12.5 Å². The van der Waals surface area contributed by atoms with Gasteiger partial charge in [0, 0.05) is 17.3 Å².